The number of nitrogens with zero attached hydrogens (tertiary/aromatic N) is 1. The van der Waals surface area contributed by atoms with Crippen LogP contribution in [0, 0.1) is 5.82 Å². The molecule has 1 aromatic carbocycles. The fourth-order valence-electron chi connectivity index (χ4n) is 1.87. The summed E-state index contributed by atoms with van der Waals surface area (Å²) in [4.78, 5) is 0. The van der Waals surface area contributed by atoms with Gasteiger partial charge in [-0.3, -0.25) is 0 Å². The van der Waals surface area contributed by atoms with Crippen molar-refractivity contribution in [2.24, 2.45) is 0 Å². The molecular formula is C14H17FN2O2. The summed E-state index contributed by atoms with van der Waals surface area (Å²) in [6.07, 6.45) is 1.55. The summed E-state index contributed by atoms with van der Waals surface area (Å²) < 4.78 is 23.9. The van der Waals surface area contributed by atoms with Crippen molar-refractivity contribution in [2.45, 2.75) is 26.5 Å². The van der Waals surface area contributed by atoms with E-state index in [1.54, 1.807) is 18.3 Å². The van der Waals surface area contributed by atoms with E-state index >= 15 is 0 Å². The van der Waals surface area contributed by atoms with Crippen molar-refractivity contribution < 1.29 is 13.7 Å². The summed E-state index contributed by atoms with van der Waals surface area (Å²) in [5, 5.41) is 6.87. The molecule has 0 radical (unpaired) electrons. The van der Waals surface area contributed by atoms with E-state index in [4.69, 9.17) is 9.26 Å². The molecule has 0 aliphatic carbocycles. The molecule has 2 rings (SSSR count). The van der Waals surface area contributed by atoms with Gasteiger partial charge in [0.2, 0.25) is 0 Å². The molecule has 0 saturated carbocycles. The molecule has 1 atom stereocenters. The summed E-state index contributed by atoms with van der Waals surface area (Å²) >= 11 is 0. The fraction of sp³-hybridized carbons (Fsp3) is 0.357. The molecule has 0 saturated heterocycles. The lowest BCUT2D eigenvalue weighted by Gasteiger charge is -2.17. The number of hydrogen-bond donors (Lipinski definition) is 1. The first-order valence-electron chi connectivity index (χ1n) is 6.26. The molecule has 1 heterocycles. The molecule has 0 amide bonds. The molecule has 19 heavy (non-hydrogen) atoms. The maximum atomic E-state index is 13.3. The van der Waals surface area contributed by atoms with Crippen molar-refractivity contribution in [1.82, 2.24) is 10.5 Å². The van der Waals surface area contributed by atoms with Crippen LogP contribution in [0.25, 0.3) is 0 Å². The van der Waals surface area contributed by atoms with Crippen LogP contribution < -0.4 is 10.1 Å². The topological polar surface area (TPSA) is 47.3 Å². The number of ether oxygens (including phenoxy) is 1. The zero-order valence-electron chi connectivity index (χ0n) is 11.0. The van der Waals surface area contributed by atoms with Gasteiger partial charge >= 0.3 is 0 Å². The number of hydrogen-bond acceptors (Lipinski definition) is 4. The number of halogens is 1. The minimum absolute atomic E-state index is 0.0929. The Morgan fingerprint density at radius 2 is 2.26 bits per heavy atom. The highest BCUT2D eigenvalue weighted by Crippen LogP contribution is 2.26. The average molecular weight is 264 g/mol. The van der Waals surface area contributed by atoms with Gasteiger partial charge in [-0.15, -0.1) is 0 Å². The van der Waals surface area contributed by atoms with Crippen LogP contribution in [0.4, 0.5) is 4.39 Å². The Balaban J connectivity index is 2.14. The minimum Gasteiger partial charge on any atom is -0.485 e. The second kappa shape index (κ2) is 6.33. The maximum Gasteiger partial charge on any atom is 0.174 e. The predicted octanol–water partition coefficient (Wildman–Crippen LogP) is 3.06. The Bertz CT molecular complexity index is 514. The second-order valence-corrected chi connectivity index (χ2v) is 4.23. The molecule has 4 nitrogen and oxygen atoms in total. The molecule has 1 N–H and O–H groups in total. The first kappa shape index (κ1) is 13.5. The van der Waals surface area contributed by atoms with Crippen molar-refractivity contribution >= 4 is 0 Å². The van der Waals surface area contributed by atoms with Crippen LogP contribution in [0.1, 0.15) is 31.2 Å². The highest BCUT2D eigenvalue weighted by Gasteiger charge is 2.12. The van der Waals surface area contributed by atoms with E-state index in [0.717, 1.165) is 12.1 Å². The van der Waals surface area contributed by atoms with Gasteiger partial charge in [0.15, 0.2) is 5.76 Å². The molecule has 0 bridgehead atoms. The van der Waals surface area contributed by atoms with Gasteiger partial charge in [0.25, 0.3) is 0 Å². The summed E-state index contributed by atoms with van der Waals surface area (Å²) in [6.45, 7) is 5.10. The van der Waals surface area contributed by atoms with Crippen LogP contribution in [-0.2, 0) is 6.61 Å². The molecular weight excluding hydrogens is 247 g/mol. The normalized spacial score (nSPS) is 12.4. The number of rotatable bonds is 6. The summed E-state index contributed by atoms with van der Waals surface area (Å²) in [5.41, 5.74) is 0.919. The highest BCUT2D eigenvalue weighted by molar-refractivity contribution is 5.36. The van der Waals surface area contributed by atoms with Gasteiger partial charge in [-0.25, -0.2) is 4.39 Å². The maximum absolute atomic E-state index is 13.3. The fourth-order valence-corrected chi connectivity index (χ4v) is 1.87. The Hall–Kier alpha value is -1.88. The van der Waals surface area contributed by atoms with Crippen LogP contribution >= 0.6 is 0 Å². The zero-order chi connectivity index (χ0) is 13.7. The number of aromatic nitrogens is 1. The molecule has 0 aliphatic rings. The van der Waals surface area contributed by atoms with Crippen molar-refractivity contribution in [1.29, 1.82) is 0 Å². The van der Waals surface area contributed by atoms with E-state index < -0.39 is 0 Å². The molecule has 102 valence electrons. The summed E-state index contributed by atoms with van der Waals surface area (Å²) in [7, 11) is 0. The van der Waals surface area contributed by atoms with Gasteiger partial charge in [-0.05, 0) is 19.5 Å². The third-order valence-corrected chi connectivity index (χ3v) is 2.81. The van der Waals surface area contributed by atoms with Gasteiger partial charge < -0.3 is 14.6 Å². The van der Waals surface area contributed by atoms with E-state index in [0.29, 0.717) is 11.5 Å². The molecule has 5 heteroatoms. The van der Waals surface area contributed by atoms with E-state index in [1.807, 2.05) is 13.8 Å². The Labute approximate surface area is 111 Å². The molecule has 0 fully saturated rings. The van der Waals surface area contributed by atoms with Crippen LogP contribution in [0.15, 0.2) is 35.0 Å². The Morgan fingerprint density at radius 1 is 1.42 bits per heavy atom. The third kappa shape index (κ3) is 3.54. The molecule has 0 aliphatic heterocycles. The second-order valence-electron chi connectivity index (χ2n) is 4.23. The van der Waals surface area contributed by atoms with Crippen LogP contribution in [0.2, 0.25) is 0 Å². The van der Waals surface area contributed by atoms with Crippen LogP contribution in [0.3, 0.4) is 0 Å². The van der Waals surface area contributed by atoms with E-state index in [1.165, 1.54) is 12.1 Å². The van der Waals surface area contributed by atoms with Gasteiger partial charge in [0.1, 0.15) is 18.2 Å². The summed E-state index contributed by atoms with van der Waals surface area (Å²) in [6, 6.07) is 6.37. The standard InChI is InChI=1S/C14H17FN2O2/c1-3-16-10(2)13-5-4-11(15)8-14(13)18-9-12-6-7-17-19-12/h4-8,10,16H,3,9H2,1-2H3. The van der Waals surface area contributed by atoms with E-state index in [2.05, 4.69) is 10.5 Å². The quantitative estimate of drug-likeness (QED) is 0.871. The predicted molar refractivity (Wildman–Crippen MR) is 69.3 cm³/mol. The van der Waals surface area contributed by atoms with Gasteiger partial charge in [0, 0.05) is 23.7 Å². The lowest BCUT2D eigenvalue weighted by atomic mass is 10.1. The van der Waals surface area contributed by atoms with E-state index in [9.17, 15) is 4.39 Å². The lowest BCUT2D eigenvalue weighted by molar-refractivity contribution is 0.245. The lowest BCUT2D eigenvalue weighted by Crippen LogP contribution is -2.18. The number of benzene rings is 1. The average Bonchev–Trinajstić information content (AvgIpc) is 2.89. The van der Waals surface area contributed by atoms with Crippen LogP contribution in [-0.4, -0.2) is 11.7 Å². The minimum atomic E-state index is -0.319. The van der Waals surface area contributed by atoms with Crippen molar-refractivity contribution in [3.8, 4) is 5.75 Å². The van der Waals surface area contributed by atoms with Crippen molar-refractivity contribution in [3.05, 3.63) is 47.6 Å². The van der Waals surface area contributed by atoms with E-state index in [-0.39, 0.29) is 18.5 Å². The van der Waals surface area contributed by atoms with Gasteiger partial charge in [-0.2, -0.15) is 0 Å². The Kier molecular flexibility index (Phi) is 4.52. The Morgan fingerprint density at radius 3 is 2.95 bits per heavy atom. The van der Waals surface area contributed by atoms with Crippen molar-refractivity contribution in [2.75, 3.05) is 6.54 Å². The first-order chi connectivity index (χ1) is 9.20. The largest absolute Gasteiger partial charge is 0.485 e. The van der Waals surface area contributed by atoms with Gasteiger partial charge in [-0.1, -0.05) is 18.1 Å². The zero-order valence-corrected chi connectivity index (χ0v) is 11.0. The monoisotopic (exact) mass is 264 g/mol. The van der Waals surface area contributed by atoms with Crippen molar-refractivity contribution in [3.63, 3.8) is 0 Å². The smallest absolute Gasteiger partial charge is 0.174 e. The first-order valence-corrected chi connectivity index (χ1v) is 6.26. The molecule has 1 aromatic heterocycles. The number of nitrogens with one attached hydrogen (secondary N) is 1. The SMILES string of the molecule is CCNC(C)c1ccc(F)cc1OCc1ccno1. The summed E-state index contributed by atoms with van der Waals surface area (Å²) in [5.74, 6) is 0.802. The molecule has 2 aromatic rings. The molecule has 1 unspecified atom stereocenters. The molecule has 0 spiro atoms. The van der Waals surface area contributed by atoms with Crippen LogP contribution in [0.5, 0.6) is 5.75 Å². The third-order valence-electron chi connectivity index (χ3n) is 2.81. The highest BCUT2D eigenvalue weighted by atomic mass is 19.1. The van der Waals surface area contributed by atoms with Gasteiger partial charge in [0.05, 0.1) is 6.20 Å².